The Kier molecular flexibility index (Phi) is 2.68. The second-order valence-corrected chi connectivity index (χ2v) is 3.66. The van der Waals surface area contributed by atoms with Crippen molar-refractivity contribution < 1.29 is 22.7 Å². The summed E-state index contributed by atoms with van der Waals surface area (Å²) in [6.45, 7) is 0. The number of H-pyrrole nitrogens is 1. The lowest BCUT2D eigenvalue weighted by Crippen LogP contribution is -2.06. The lowest BCUT2D eigenvalue weighted by atomic mass is 10.1. The number of halogens is 3. The van der Waals surface area contributed by atoms with Crippen LogP contribution in [0, 0.1) is 0 Å². The second-order valence-electron chi connectivity index (χ2n) is 3.66. The van der Waals surface area contributed by atoms with E-state index in [9.17, 15) is 18.0 Å². The normalized spacial score (nSPS) is 11.8. The number of nitrogens with one attached hydrogen (secondary N) is 1. The molecule has 0 aliphatic heterocycles. The molecule has 7 heteroatoms. The van der Waals surface area contributed by atoms with E-state index in [4.69, 9.17) is 5.73 Å². The van der Waals surface area contributed by atoms with Gasteiger partial charge in [-0.2, -0.15) is 13.2 Å². The van der Waals surface area contributed by atoms with Gasteiger partial charge in [-0.25, -0.2) is 4.79 Å². The summed E-state index contributed by atoms with van der Waals surface area (Å²) in [5.74, 6) is -0.797. The number of nitrogens with two attached hydrogens (primary N) is 1. The molecule has 3 N–H and O–H groups in total. The molecule has 4 nitrogen and oxygen atoms in total. The Morgan fingerprint density at radius 2 is 2.06 bits per heavy atom. The molecule has 0 aliphatic rings. The van der Waals surface area contributed by atoms with E-state index in [1.54, 1.807) is 0 Å². The Balaban J connectivity index is 2.71. The van der Waals surface area contributed by atoms with Crippen LogP contribution in [-0.2, 0) is 10.9 Å². The van der Waals surface area contributed by atoms with Crippen LogP contribution in [0.5, 0.6) is 0 Å². The number of alkyl halides is 3. The van der Waals surface area contributed by atoms with Crippen molar-refractivity contribution in [1.29, 1.82) is 0 Å². The summed E-state index contributed by atoms with van der Waals surface area (Å²) in [5, 5.41) is 0.0918. The van der Waals surface area contributed by atoms with Gasteiger partial charge in [-0.15, -0.1) is 0 Å². The number of ether oxygens (including phenoxy) is 1. The number of carbonyl (C=O) groups is 1. The van der Waals surface area contributed by atoms with Gasteiger partial charge in [-0.05, 0) is 18.2 Å². The maximum Gasteiger partial charge on any atom is 0.416 e. The van der Waals surface area contributed by atoms with E-state index < -0.39 is 17.7 Å². The Hall–Kier alpha value is -2.18. The lowest BCUT2D eigenvalue weighted by Gasteiger charge is -2.06. The number of aromatic amines is 1. The van der Waals surface area contributed by atoms with Gasteiger partial charge in [0.1, 0.15) is 11.4 Å². The first-order chi connectivity index (χ1) is 8.34. The van der Waals surface area contributed by atoms with E-state index >= 15 is 0 Å². The summed E-state index contributed by atoms with van der Waals surface area (Å²) in [6.07, 6.45) is -4.48. The molecule has 0 unspecified atom stereocenters. The SMILES string of the molecule is COC(=O)c1c(N)[nH]c2ccc(C(F)(F)F)cc12. The predicted octanol–water partition coefficient (Wildman–Crippen LogP) is 2.56. The average Bonchev–Trinajstić information content (AvgIpc) is 2.61. The van der Waals surface area contributed by atoms with Crippen molar-refractivity contribution in [1.82, 2.24) is 4.98 Å². The third-order valence-electron chi connectivity index (χ3n) is 2.54. The summed E-state index contributed by atoms with van der Waals surface area (Å²) in [5.41, 5.74) is 4.97. The fourth-order valence-electron chi connectivity index (χ4n) is 1.71. The molecule has 0 atom stereocenters. The number of aromatic nitrogens is 1. The number of carbonyl (C=O) groups excluding carboxylic acids is 1. The predicted molar refractivity (Wildman–Crippen MR) is 59.1 cm³/mol. The molecule has 0 spiro atoms. The Morgan fingerprint density at radius 3 is 2.61 bits per heavy atom. The van der Waals surface area contributed by atoms with Gasteiger partial charge in [0.15, 0.2) is 0 Å². The third kappa shape index (κ3) is 1.87. The Morgan fingerprint density at radius 1 is 1.39 bits per heavy atom. The van der Waals surface area contributed by atoms with Crippen molar-refractivity contribution in [3.63, 3.8) is 0 Å². The van der Waals surface area contributed by atoms with Gasteiger partial charge < -0.3 is 15.5 Å². The highest BCUT2D eigenvalue weighted by Gasteiger charge is 2.31. The maximum atomic E-state index is 12.6. The Bertz CT molecular complexity index is 617. The summed E-state index contributed by atoms with van der Waals surface area (Å²) in [4.78, 5) is 14.1. The van der Waals surface area contributed by atoms with Crippen molar-refractivity contribution in [2.75, 3.05) is 12.8 Å². The van der Waals surface area contributed by atoms with Crippen LogP contribution in [0.3, 0.4) is 0 Å². The number of esters is 1. The maximum absolute atomic E-state index is 12.6. The van der Waals surface area contributed by atoms with Crippen molar-refractivity contribution in [2.24, 2.45) is 0 Å². The van der Waals surface area contributed by atoms with Crippen LogP contribution < -0.4 is 5.73 Å². The largest absolute Gasteiger partial charge is 0.465 e. The second kappa shape index (κ2) is 3.94. The molecule has 0 saturated carbocycles. The smallest absolute Gasteiger partial charge is 0.416 e. The highest BCUT2D eigenvalue weighted by Crippen LogP contribution is 2.33. The molecule has 0 fully saturated rings. The highest BCUT2D eigenvalue weighted by molar-refractivity contribution is 6.09. The van der Waals surface area contributed by atoms with Crippen LogP contribution in [0.1, 0.15) is 15.9 Å². The van der Waals surface area contributed by atoms with Crippen LogP contribution in [0.4, 0.5) is 19.0 Å². The van der Waals surface area contributed by atoms with Gasteiger partial charge in [0.05, 0.1) is 12.7 Å². The number of fused-ring (bicyclic) bond motifs is 1. The van der Waals surface area contributed by atoms with Crippen molar-refractivity contribution in [3.05, 3.63) is 29.3 Å². The average molecular weight is 258 g/mol. The molecule has 2 rings (SSSR count). The molecule has 18 heavy (non-hydrogen) atoms. The summed E-state index contributed by atoms with van der Waals surface area (Å²) in [7, 11) is 1.13. The molecule has 1 aromatic carbocycles. The third-order valence-corrected chi connectivity index (χ3v) is 2.54. The first-order valence-electron chi connectivity index (χ1n) is 4.91. The van der Waals surface area contributed by atoms with E-state index in [0.717, 1.165) is 19.2 Å². The first-order valence-corrected chi connectivity index (χ1v) is 4.91. The van der Waals surface area contributed by atoms with Gasteiger partial charge in [0, 0.05) is 10.9 Å². The van der Waals surface area contributed by atoms with Crippen LogP contribution >= 0.6 is 0 Å². The minimum Gasteiger partial charge on any atom is -0.465 e. The number of rotatable bonds is 1. The monoisotopic (exact) mass is 258 g/mol. The van der Waals surface area contributed by atoms with Crippen LogP contribution in [0.25, 0.3) is 10.9 Å². The van der Waals surface area contributed by atoms with E-state index in [0.29, 0.717) is 5.52 Å². The molecule has 1 aromatic heterocycles. The minimum absolute atomic E-state index is 0.0174. The molecule has 0 amide bonds. The number of benzene rings is 1. The van der Waals surface area contributed by atoms with Gasteiger partial charge in [0.25, 0.3) is 0 Å². The Labute approximate surface area is 99.5 Å². The number of hydrogen-bond donors (Lipinski definition) is 2. The molecule has 1 heterocycles. The molecular formula is C11H9F3N2O2. The molecule has 0 saturated heterocycles. The zero-order chi connectivity index (χ0) is 13.5. The highest BCUT2D eigenvalue weighted by atomic mass is 19.4. The number of nitrogen functional groups attached to an aromatic ring is 1. The lowest BCUT2D eigenvalue weighted by molar-refractivity contribution is -0.137. The quantitative estimate of drug-likeness (QED) is 0.772. The number of hydrogen-bond acceptors (Lipinski definition) is 3. The minimum atomic E-state index is -4.48. The molecule has 96 valence electrons. The fourth-order valence-corrected chi connectivity index (χ4v) is 1.71. The van der Waals surface area contributed by atoms with Gasteiger partial charge in [-0.1, -0.05) is 0 Å². The fraction of sp³-hybridized carbons (Fsp3) is 0.182. The van der Waals surface area contributed by atoms with Crippen molar-refractivity contribution in [2.45, 2.75) is 6.18 Å². The van der Waals surface area contributed by atoms with E-state index in [-0.39, 0.29) is 16.8 Å². The standard InChI is InChI=1S/C11H9F3N2O2/c1-18-10(17)8-6-4-5(11(12,13)14)2-3-7(6)16-9(8)15/h2-4,16H,15H2,1H3. The van der Waals surface area contributed by atoms with Crippen molar-refractivity contribution in [3.8, 4) is 0 Å². The molecule has 0 radical (unpaired) electrons. The van der Waals surface area contributed by atoms with E-state index in [2.05, 4.69) is 9.72 Å². The zero-order valence-electron chi connectivity index (χ0n) is 9.26. The van der Waals surface area contributed by atoms with Crippen LogP contribution in [-0.4, -0.2) is 18.1 Å². The molecular weight excluding hydrogens is 249 g/mol. The number of anilines is 1. The van der Waals surface area contributed by atoms with Gasteiger partial charge in [-0.3, -0.25) is 0 Å². The topological polar surface area (TPSA) is 68.1 Å². The number of methoxy groups -OCH3 is 1. The van der Waals surface area contributed by atoms with Crippen molar-refractivity contribution >= 4 is 22.7 Å². The van der Waals surface area contributed by atoms with Crippen LogP contribution in [0.15, 0.2) is 18.2 Å². The molecule has 0 aliphatic carbocycles. The summed E-state index contributed by atoms with van der Waals surface area (Å²) in [6, 6.07) is 3.01. The summed E-state index contributed by atoms with van der Waals surface area (Å²) < 4.78 is 42.2. The van der Waals surface area contributed by atoms with Gasteiger partial charge in [0.2, 0.25) is 0 Å². The van der Waals surface area contributed by atoms with Gasteiger partial charge >= 0.3 is 12.1 Å². The van der Waals surface area contributed by atoms with E-state index in [1.807, 2.05) is 0 Å². The van der Waals surface area contributed by atoms with Crippen LogP contribution in [0.2, 0.25) is 0 Å². The zero-order valence-corrected chi connectivity index (χ0v) is 9.26. The van der Waals surface area contributed by atoms with E-state index in [1.165, 1.54) is 6.07 Å². The molecule has 2 aromatic rings. The summed E-state index contributed by atoms with van der Waals surface area (Å²) >= 11 is 0. The first kappa shape index (κ1) is 12.3. The molecule has 0 bridgehead atoms.